The van der Waals surface area contributed by atoms with Crippen molar-refractivity contribution in [3.8, 4) is 22.8 Å². The maximum atomic E-state index is 5.88. The molecule has 4 aromatic rings. The van der Waals surface area contributed by atoms with E-state index in [1.54, 1.807) is 12.1 Å². The SMILES string of the molecule is Clc1ccc(-c2noc(CCNc3noc(-c4ccccc4)n3)n2)cc1. The van der Waals surface area contributed by atoms with Gasteiger partial charge in [-0.05, 0) is 41.6 Å². The molecule has 1 N–H and O–H groups in total. The van der Waals surface area contributed by atoms with Crippen molar-refractivity contribution < 1.29 is 9.05 Å². The molecule has 0 atom stereocenters. The number of aromatic nitrogens is 4. The van der Waals surface area contributed by atoms with E-state index in [-0.39, 0.29) is 0 Å². The van der Waals surface area contributed by atoms with Crippen LogP contribution in [0.1, 0.15) is 5.89 Å². The van der Waals surface area contributed by atoms with Crippen molar-refractivity contribution in [2.24, 2.45) is 0 Å². The Bertz CT molecular complexity index is 982. The Hall–Kier alpha value is -3.19. The first kappa shape index (κ1) is 16.3. The predicted octanol–water partition coefficient (Wildman–Crippen LogP) is 4.09. The summed E-state index contributed by atoms with van der Waals surface area (Å²) in [6.07, 6.45) is 0.538. The molecule has 26 heavy (non-hydrogen) atoms. The topological polar surface area (TPSA) is 89.9 Å². The highest BCUT2D eigenvalue weighted by atomic mass is 35.5. The van der Waals surface area contributed by atoms with Gasteiger partial charge < -0.3 is 14.4 Å². The molecule has 2 aromatic heterocycles. The fraction of sp³-hybridized carbons (Fsp3) is 0.111. The Morgan fingerprint density at radius 3 is 2.46 bits per heavy atom. The number of benzene rings is 2. The molecule has 0 saturated heterocycles. The lowest BCUT2D eigenvalue weighted by Gasteiger charge is -1.96. The van der Waals surface area contributed by atoms with E-state index in [0.717, 1.165) is 11.1 Å². The van der Waals surface area contributed by atoms with Crippen LogP contribution in [0.25, 0.3) is 22.8 Å². The first-order valence-electron chi connectivity index (χ1n) is 7.99. The summed E-state index contributed by atoms with van der Waals surface area (Å²) in [5, 5.41) is 11.6. The van der Waals surface area contributed by atoms with Gasteiger partial charge in [-0.25, -0.2) is 0 Å². The highest BCUT2D eigenvalue weighted by Gasteiger charge is 2.10. The van der Waals surface area contributed by atoms with Crippen molar-refractivity contribution in [3.05, 3.63) is 65.5 Å². The second kappa shape index (κ2) is 7.37. The third-order valence-corrected chi connectivity index (χ3v) is 3.89. The molecule has 0 saturated carbocycles. The van der Waals surface area contributed by atoms with Crippen LogP contribution in [0.2, 0.25) is 5.02 Å². The van der Waals surface area contributed by atoms with E-state index in [1.807, 2.05) is 42.5 Å². The van der Waals surface area contributed by atoms with Crippen LogP contribution >= 0.6 is 11.6 Å². The summed E-state index contributed by atoms with van der Waals surface area (Å²) in [6.45, 7) is 0.538. The molecule has 2 heterocycles. The molecule has 0 bridgehead atoms. The van der Waals surface area contributed by atoms with Gasteiger partial charge in [0.15, 0.2) is 0 Å². The summed E-state index contributed by atoms with van der Waals surface area (Å²) in [5.41, 5.74) is 1.72. The van der Waals surface area contributed by atoms with Crippen LogP contribution < -0.4 is 5.32 Å². The van der Waals surface area contributed by atoms with E-state index in [1.165, 1.54) is 0 Å². The largest absolute Gasteiger partial charge is 0.351 e. The molecule has 2 aromatic carbocycles. The van der Waals surface area contributed by atoms with Crippen LogP contribution in [-0.4, -0.2) is 26.8 Å². The summed E-state index contributed by atoms with van der Waals surface area (Å²) >= 11 is 5.88. The third kappa shape index (κ3) is 3.73. The molecule has 4 rings (SSSR count). The number of rotatable bonds is 6. The lowest BCUT2D eigenvalue weighted by Crippen LogP contribution is -2.06. The molecule has 0 aliphatic heterocycles. The molecule has 0 fully saturated rings. The maximum Gasteiger partial charge on any atom is 0.263 e. The molecule has 0 aliphatic carbocycles. The van der Waals surface area contributed by atoms with E-state index in [4.69, 9.17) is 20.6 Å². The minimum Gasteiger partial charge on any atom is -0.351 e. The van der Waals surface area contributed by atoms with Gasteiger partial charge in [0.1, 0.15) is 0 Å². The smallest absolute Gasteiger partial charge is 0.263 e. The minimum atomic E-state index is 0.418. The number of hydrogen-bond acceptors (Lipinski definition) is 7. The average Bonchev–Trinajstić information content (AvgIpc) is 3.33. The van der Waals surface area contributed by atoms with Crippen molar-refractivity contribution in [1.82, 2.24) is 20.3 Å². The van der Waals surface area contributed by atoms with Gasteiger partial charge >= 0.3 is 0 Å². The summed E-state index contributed by atoms with van der Waals surface area (Å²) in [7, 11) is 0. The number of hydrogen-bond donors (Lipinski definition) is 1. The van der Waals surface area contributed by atoms with Gasteiger partial charge in [0.05, 0.1) is 0 Å². The zero-order valence-electron chi connectivity index (χ0n) is 13.6. The lowest BCUT2D eigenvalue weighted by molar-refractivity contribution is 0.381. The van der Waals surface area contributed by atoms with E-state index in [2.05, 4.69) is 25.6 Å². The molecule has 0 radical (unpaired) electrons. The Balaban J connectivity index is 1.34. The Kier molecular flexibility index (Phi) is 4.61. The second-order valence-corrected chi connectivity index (χ2v) is 5.92. The average molecular weight is 368 g/mol. The van der Waals surface area contributed by atoms with Crippen molar-refractivity contribution in [2.45, 2.75) is 6.42 Å². The van der Waals surface area contributed by atoms with Gasteiger partial charge in [-0.2, -0.15) is 9.97 Å². The Morgan fingerprint density at radius 2 is 1.65 bits per heavy atom. The van der Waals surface area contributed by atoms with Gasteiger partial charge in [0, 0.05) is 29.1 Å². The van der Waals surface area contributed by atoms with Crippen molar-refractivity contribution in [3.63, 3.8) is 0 Å². The zero-order chi connectivity index (χ0) is 17.8. The number of anilines is 1. The van der Waals surface area contributed by atoms with Crippen molar-refractivity contribution in [1.29, 1.82) is 0 Å². The molecule has 130 valence electrons. The third-order valence-electron chi connectivity index (χ3n) is 3.64. The summed E-state index contributed by atoms with van der Waals surface area (Å²) < 4.78 is 10.5. The zero-order valence-corrected chi connectivity index (χ0v) is 14.3. The van der Waals surface area contributed by atoms with Gasteiger partial charge in [-0.15, -0.1) is 0 Å². The molecular formula is C18H14ClN5O2. The van der Waals surface area contributed by atoms with Gasteiger partial charge in [-0.3, -0.25) is 0 Å². The molecule has 7 nitrogen and oxygen atoms in total. The number of halogens is 1. The molecular weight excluding hydrogens is 354 g/mol. The quantitative estimate of drug-likeness (QED) is 0.548. The van der Waals surface area contributed by atoms with Crippen LogP contribution in [0.5, 0.6) is 0 Å². The van der Waals surface area contributed by atoms with E-state index in [9.17, 15) is 0 Å². The van der Waals surface area contributed by atoms with E-state index >= 15 is 0 Å². The maximum absolute atomic E-state index is 5.88. The van der Waals surface area contributed by atoms with Crippen LogP contribution in [-0.2, 0) is 6.42 Å². The van der Waals surface area contributed by atoms with Gasteiger partial charge in [0.2, 0.25) is 11.7 Å². The molecule has 0 amide bonds. The second-order valence-electron chi connectivity index (χ2n) is 5.48. The summed E-state index contributed by atoms with van der Waals surface area (Å²) in [4.78, 5) is 8.67. The predicted molar refractivity (Wildman–Crippen MR) is 96.7 cm³/mol. The highest BCUT2D eigenvalue weighted by molar-refractivity contribution is 6.30. The lowest BCUT2D eigenvalue weighted by atomic mass is 10.2. The standard InChI is InChI=1S/C18H14ClN5O2/c19-14-8-6-12(7-9-14)16-21-15(25-23-16)10-11-20-18-22-17(26-24-18)13-4-2-1-3-5-13/h1-9H,10-11H2,(H,20,24). The first-order chi connectivity index (χ1) is 12.8. The molecule has 0 aliphatic rings. The highest BCUT2D eigenvalue weighted by Crippen LogP contribution is 2.19. The summed E-state index contributed by atoms with van der Waals surface area (Å²) in [5.74, 6) is 1.94. The number of nitrogens with one attached hydrogen (secondary N) is 1. The summed E-state index contributed by atoms with van der Waals surface area (Å²) in [6, 6.07) is 16.9. The fourth-order valence-corrected chi connectivity index (χ4v) is 2.47. The molecule has 0 unspecified atom stereocenters. The minimum absolute atomic E-state index is 0.418. The monoisotopic (exact) mass is 367 g/mol. The number of nitrogens with zero attached hydrogens (tertiary/aromatic N) is 4. The van der Waals surface area contributed by atoms with Crippen molar-refractivity contribution >= 4 is 17.5 Å². The van der Waals surface area contributed by atoms with Gasteiger partial charge in [-0.1, -0.05) is 35.0 Å². The first-order valence-corrected chi connectivity index (χ1v) is 8.37. The van der Waals surface area contributed by atoms with E-state index < -0.39 is 0 Å². The van der Waals surface area contributed by atoms with Gasteiger partial charge in [0.25, 0.3) is 11.8 Å². The normalized spacial score (nSPS) is 10.8. The van der Waals surface area contributed by atoms with Crippen LogP contribution in [0.15, 0.2) is 63.6 Å². The Labute approximate surface area is 154 Å². The van der Waals surface area contributed by atoms with Crippen LogP contribution in [0, 0.1) is 0 Å². The van der Waals surface area contributed by atoms with Crippen molar-refractivity contribution in [2.75, 3.05) is 11.9 Å². The Morgan fingerprint density at radius 1 is 0.846 bits per heavy atom. The van der Waals surface area contributed by atoms with Crippen LogP contribution in [0.3, 0.4) is 0 Å². The fourth-order valence-electron chi connectivity index (χ4n) is 2.35. The van der Waals surface area contributed by atoms with E-state index in [0.29, 0.717) is 41.5 Å². The van der Waals surface area contributed by atoms with Crippen LogP contribution in [0.4, 0.5) is 5.95 Å². The molecule has 8 heteroatoms. The molecule has 0 spiro atoms.